The molecular weight excluding hydrogens is 432 g/mol. The minimum atomic E-state index is -1.05. The third-order valence-electron chi connectivity index (χ3n) is 6.25. The number of hydrogen-bond donors (Lipinski definition) is 1. The number of ketones is 1. The first-order valence-electron chi connectivity index (χ1n) is 11.4. The van der Waals surface area contributed by atoms with Crippen LogP contribution in [0.15, 0.2) is 66.9 Å². The van der Waals surface area contributed by atoms with Gasteiger partial charge in [0, 0.05) is 54.4 Å². The molecule has 1 saturated heterocycles. The van der Waals surface area contributed by atoms with Gasteiger partial charge in [0.2, 0.25) is 0 Å². The summed E-state index contributed by atoms with van der Waals surface area (Å²) in [5.41, 5.74) is 2.14. The number of ether oxygens (including phenoxy) is 2. The highest BCUT2D eigenvalue weighted by atomic mass is 16.5. The van der Waals surface area contributed by atoms with Gasteiger partial charge < -0.3 is 19.1 Å². The van der Waals surface area contributed by atoms with Crippen LogP contribution in [-0.4, -0.2) is 65.8 Å². The zero-order valence-electron chi connectivity index (χ0n) is 18.8. The van der Waals surface area contributed by atoms with Crippen molar-refractivity contribution in [3.8, 4) is 5.75 Å². The van der Waals surface area contributed by atoms with E-state index in [2.05, 4.69) is 9.47 Å². The summed E-state index contributed by atoms with van der Waals surface area (Å²) in [6.07, 6.45) is 1.91. The number of carboxylic acid groups (broad SMARTS) is 1. The number of aliphatic carboxylic acids is 1. The monoisotopic (exact) mass is 458 g/mol. The molecule has 0 spiro atoms. The third-order valence-corrected chi connectivity index (χ3v) is 6.25. The van der Waals surface area contributed by atoms with Gasteiger partial charge in [-0.2, -0.15) is 0 Å². The highest BCUT2D eigenvalue weighted by molar-refractivity contribution is 6.21. The first-order valence-corrected chi connectivity index (χ1v) is 11.4. The molecule has 0 radical (unpaired) electrons. The van der Waals surface area contributed by atoms with Crippen molar-refractivity contribution in [2.45, 2.75) is 6.54 Å². The van der Waals surface area contributed by atoms with Gasteiger partial charge in [0.15, 0.2) is 12.4 Å². The molecule has 0 unspecified atom stereocenters. The first-order chi connectivity index (χ1) is 16.6. The van der Waals surface area contributed by atoms with E-state index in [9.17, 15) is 9.59 Å². The summed E-state index contributed by atoms with van der Waals surface area (Å²) < 4.78 is 13.0. The lowest BCUT2D eigenvalue weighted by Crippen LogP contribution is -2.38. The van der Waals surface area contributed by atoms with E-state index in [0.29, 0.717) is 16.9 Å². The highest BCUT2D eigenvalue weighted by Gasteiger charge is 2.20. The Labute approximate surface area is 197 Å². The molecular formula is C27H26N2O5. The fourth-order valence-electron chi connectivity index (χ4n) is 4.52. The summed E-state index contributed by atoms with van der Waals surface area (Å²) in [6.45, 7) is 4.42. The second-order valence-electron chi connectivity index (χ2n) is 8.41. The number of fused-ring (bicyclic) bond motifs is 2. The van der Waals surface area contributed by atoms with Crippen LogP contribution < -0.4 is 4.74 Å². The molecule has 7 heteroatoms. The molecule has 5 rings (SSSR count). The number of carboxylic acids is 1. The van der Waals surface area contributed by atoms with Crippen molar-refractivity contribution in [1.29, 1.82) is 0 Å². The summed E-state index contributed by atoms with van der Waals surface area (Å²) in [6, 6.07) is 19.0. The van der Waals surface area contributed by atoms with Crippen molar-refractivity contribution in [3.63, 3.8) is 0 Å². The number of nitrogens with zero attached hydrogens (tertiary/aromatic N) is 2. The molecule has 2 heterocycles. The smallest absolute Gasteiger partial charge is 0.341 e. The van der Waals surface area contributed by atoms with E-state index in [4.69, 9.17) is 14.6 Å². The molecule has 0 bridgehead atoms. The second kappa shape index (κ2) is 9.67. The molecule has 4 aromatic rings. The molecule has 1 aliphatic rings. The normalized spacial score (nSPS) is 14.5. The van der Waals surface area contributed by atoms with Crippen molar-refractivity contribution in [1.82, 2.24) is 9.47 Å². The Morgan fingerprint density at radius 1 is 0.912 bits per heavy atom. The lowest BCUT2D eigenvalue weighted by atomic mass is 9.97. The van der Waals surface area contributed by atoms with Crippen molar-refractivity contribution in [3.05, 3.63) is 78.0 Å². The zero-order valence-corrected chi connectivity index (χ0v) is 18.8. The Balaban J connectivity index is 1.54. The van der Waals surface area contributed by atoms with E-state index in [-0.39, 0.29) is 5.78 Å². The van der Waals surface area contributed by atoms with Crippen LogP contribution in [-0.2, 0) is 16.1 Å². The third kappa shape index (κ3) is 4.53. The molecule has 34 heavy (non-hydrogen) atoms. The highest BCUT2D eigenvalue weighted by Crippen LogP contribution is 2.30. The Morgan fingerprint density at radius 3 is 2.53 bits per heavy atom. The van der Waals surface area contributed by atoms with Crippen molar-refractivity contribution in [2.75, 3.05) is 39.5 Å². The Kier molecular flexibility index (Phi) is 6.29. The van der Waals surface area contributed by atoms with Crippen LogP contribution in [0, 0.1) is 0 Å². The fraction of sp³-hybridized carbons (Fsp3) is 0.259. The van der Waals surface area contributed by atoms with Crippen molar-refractivity contribution < 1.29 is 24.2 Å². The van der Waals surface area contributed by atoms with Crippen LogP contribution in [0.5, 0.6) is 5.75 Å². The molecule has 0 saturated carbocycles. The molecule has 7 nitrogen and oxygen atoms in total. The number of aromatic nitrogens is 1. The average molecular weight is 459 g/mol. The molecule has 1 aromatic heterocycles. The molecule has 0 atom stereocenters. The zero-order chi connectivity index (χ0) is 23.5. The predicted molar refractivity (Wildman–Crippen MR) is 130 cm³/mol. The molecule has 0 aliphatic carbocycles. The van der Waals surface area contributed by atoms with Gasteiger partial charge in [-0.25, -0.2) is 4.79 Å². The van der Waals surface area contributed by atoms with E-state index in [1.165, 1.54) is 0 Å². The largest absolute Gasteiger partial charge is 0.482 e. The van der Waals surface area contributed by atoms with E-state index < -0.39 is 12.6 Å². The van der Waals surface area contributed by atoms with Crippen LogP contribution in [0.25, 0.3) is 21.7 Å². The maximum absolute atomic E-state index is 13.8. The molecule has 174 valence electrons. The number of benzene rings is 3. The topological polar surface area (TPSA) is 81.0 Å². The van der Waals surface area contributed by atoms with Crippen LogP contribution in [0.1, 0.15) is 15.9 Å². The number of hydrogen-bond acceptors (Lipinski definition) is 5. The van der Waals surface area contributed by atoms with Gasteiger partial charge in [0.25, 0.3) is 0 Å². The van der Waals surface area contributed by atoms with Crippen LogP contribution in [0.2, 0.25) is 0 Å². The number of carbonyl (C=O) groups is 2. The average Bonchev–Trinajstić information content (AvgIpc) is 3.24. The van der Waals surface area contributed by atoms with E-state index in [1.807, 2.05) is 54.7 Å². The number of rotatable bonds is 8. The van der Waals surface area contributed by atoms with E-state index in [1.54, 1.807) is 12.1 Å². The van der Waals surface area contributed by atoms with Crippen LogP contribution >= 0.6 is 0 Å². The first kappa shape index (κ1) is 22.1. The van der Waals surface area contributed by atoms with Gasteiger partial charge in [0.05, 0.1) is 13.2 Å². The van der Waals surface area contributed by atoms with Gasteiger partial charge in [-0.1, -0.05) is 42.5 Å². The number of carbonyl (C=O) groups excluding carboxylic acids is 1. The minimum absolute atomic E-state index is 0.0673. The van der Waals surface area contributed by atoms with Gasteiger partial charge >= 0.3 is 5.97 Å². The fourth-order valence-corrected chi connectivity index (χ4v) is 4.52. The van der Waals surface area contributed by atoms with Crippen molar-refractivity contribution >= 4 is 33.4 Å². The standard InChI is InChI=1S/C27H26N2O5/c30-26(31)18-34-20-8-9-25-23(16-20)24(17-29(25)11-10-28-12-14-33-15-13-28)27(32)22-7-3-5-19-4-1-2-6-21(19)22/h1-9,16-17H,10-15,18H2,(H,30,31). The van der Waals surface area contributed by atoms with E-state index >= 15 is 0 Å². The summed E-state index contributed by atoms with van der Waals surface area (Å²) >= 11 is 0. The Hall–Kier alpha value is -3.68. The second-order valence-corrected chi connectivity index (χ2v) is 8.41. The maximum Gasteiger partial charge on any atom is 0.341 e. The maximum atomic E-state index is 13.8. The summed E-state index contributed by atoms with van der Waals surface area (Å²) in [5, 5.41) is 11.6. The quantitative estimate of drug-likeness (QED) is 0.405. The molecule has 0 amide bonds. The number of morpholine rings is 1. The van der Waals surface area contributed by atoms with E-state index in [0.717, 1.165) is 61.1 Å². The van der Waals surface area contributed by atoms with Crippen LogP contribution in [0.4, 0.5) is 0 Å². The minimum Gasteiger partial charge on any atom is -0.482 e. The molecule has 1 N–H and O–H groups in total. The predicted octanol–water partition coefficient (Wildman–Crippen LogP) is 3.82. The van der Waals surface area contributed by atoms with Gasteiger partial charge in [-0.05, 0) is 29.0 Å². The summed E-state index contributed by atoms with van der Waals surface area (Å²) in [4.78, 5) is 27.1. The lowest BCUT2D eigenvalue weighted by Gasteiger charge is -2.26. The van der Waals surface area contributed by atoms with Gasteiger partial charge in [0.1, 0.15) is 5.75 Å². The Bertz CT molecular complexity index is 1350. The summed E-state index contributed by atoms with van der Waals surface area (Å²) in [7, 11) is 0. The summed E-state index contributed by atoms with van der Waals surface area (Å²) in [5.74, 6) is -0.690. The van der Waals surface area contributed by atoms with Gasteiger partial charge in [-0.15, -0.1) is 0 Å². The Morgan fingerprint density at radius 2 is 1.71 bits per heavy atom. The molecule has 1 aliphatic heterocycles. The van der Waals surface area contributed by atoms with Crippen LogP contribution in [0.3, 0.4) is 0 Å². The van der Waals surface area contributed by atoms with Gasteiger partial charge in [-0.3, -0.25) is 9.69 Å². The molecule has 3 aromatic carbocycles. The van der Waals surface area contributed by atoms with Crippen molar-refractivity contribution in [2.24, 2.45) is 0 Å². The lowest BCUT2D eigenvalue weighted by molar-refractivity contribution is -0.139. The SMILES string of the molecule is O=C(O)COc1ccc2c(c1)c(C(=O)c1cccc3ccccc13)cn2CCN1CCOCC1. The molecule has 1 fully saturated rings.